The average Bonchev–Trinajstić information content (AvgIpc) is 2.93. The van der Waals surface area contributed by atoms with Crippen molar-refractivity contribution in [1.82, 2.24) is 4.57 Å². The van der Waals surface area contributed by atoms with Crippen molar-refractivity contribution in [2.45, 2.75) is 12.8 Å². The average molecular weight is 372 g/mol. The van der Waals surface area contributed by atoms with Gasteiger partial charge in [-0.3, -0.25) is 9.59 Å². The zero-order chi connectivity index (χ0) is 18.5. The topological polar surface area (TPSA) is 69.6 Å². The first-order valence-corrected chi connectivity index (χ1v) is 9.05. The van der Waals surface area contributed by atoms with Crippen molar-refractivity contribution in [2.75, 3.05) is 19.0 Å². The summed E-state index contributed by atoms with van der Waals surface area (Å²) in [5.41, 5.74) is 1.56. The van der Waals surface area contributed by atoms with Gasteiger partial charge in [0.25, 0.3) is 0 Å². The van der Waals surface area contributed by atoms with E-state index in [2.05, 4.69) is 5.32 Å². The Morgan fingerprint density at radius 1 is 1.15 bits per heavy atom. The Labute approximate surface area is 155 Å². The molecular weight excluding hydrogens is 352 g/mol. The molecular formula is C19H20N2O4S. The summed E-state index contributed by atoms with van der Waals surface area (Å²) >= 11 is 1.17. The van der Waals surface area contributed by atoms with E-state index < -0.39 is 0 Å². The maximum absolute atomic E-state index is 12.1. The van der Waals surface area contributed by atoms with Gasteiger partial charge in [-0.25, -0.2) is 0 Å². The zero-order valence-corrected chi connectivity index (χ0v) is 15.5. The minimum Gasteiger partial charge on any atom is -0.497 e. The standard InChI is InChI=1S/C19H20N2O4S/c1-21-16-10-5-13(12-17(16)26-19(21)23)20-18(22)4-3-11-25-15-8-6-14(24-2)7-9-15/h5-10,12H,3-4,11H2,1-2H3,(H,20,22). The molecule has 3 aromatic rings. The van der Waals surface area contributed by atoms with Gasteiger partial charge in [0.1, 0.15) is 11.5 Å². The molecule has 0 aliphatic carbocycles. The van der Waals surface area contributed by atoms with Crippen molar-refractivity contribution in [3.05, 3.63) is 52.1 Å². The summed E-state index contributed by atoms with van der Waals surface area (Å²) < 4.78 is 13.2. The Hall–Kier alpha value is -2.80. The minimum atomic E-state index is -0.0778. The number of fused-ring (bicyclic) bond motifs is 1. The number of carbonyl (C=O) groups is 1. The SMILES string of the molecule is COc1ccc(OCCCC(=O)Nc2ccc3c(c2)sc(=O)n3C)cc1. The van der Waals surface area contributed by atoms with E-state index in [4.69, 9.17) is 9.47 Å². The van der Waals surface area contributed by atoms with Crippen LogP contribution >= 0.6 is 11.3 Å². The van der Waals surface area contributed by atoms with Gasteiger partial charge < -0.3 is 19.4 Å². The van der Waals surface area contributed by atoms with Crippen molar-refractivity contribution in [1.29, 1.82) is 0 Å². The van der Waals surface area contributed by atoms with Gasteiger partial charge in [-0.15, -0.1) is 0 Å². The first kappa shape index (κ1) is 18.0. The fourth-order valence-electron chi connectivity index (χ4n) is 2.53. The maximum atomic E-state index is 12.1. The van der Waals surface area contributed by atoms with Crippen molar-refractivity contribution in [2.24, 2.45) is 7.05 Å². The minimum absolute atomic E-state index is 0.0147. The number of nitrogens with one attached hydrogen (secondary N) is 1. The molecule has 1 aromatic heterocycles. The van der Waals surface area contributed by atoms with Gasteiger partial charge >= 0.3 is 4.87 Å². The summed E-state index contributed by atoms with van der Waals surface area (Å²) in [5, 5.41) is 2.86. The van der Waals surface area contributed by atoms with Crippen LogP contribution in [0.1, 0.15) is 12.8 Å². The molecule has 1 heterocycles. The number of benzene rings is 2. The monoisotopic (exact) mass is 372 g/mol. The Bertz CT molecular complexity index is 960. The molecule has 0 radical (unpaired) electrons. The van der Waals surface area contributed by atoms with E-state index in [1.807, 2.05) is 36.4 Å². The lowest BCUT2D eigenvalue weighted by molar-refractivity contribution is -0.116. The van der Waals surface area contributed by atoms with Crippen LogP contribution in [0.2, 0.25) is 0 Å². The van der Waals surface area contributed by atoms with Gasteiger partial charge in [0.2, 0.25) is 5.91 Å². The van der Waals surface area contributed by atoms with Crippen LogP contribution in [0.5, 0.6) is 11.5 Å². The Morgan fingerprint density at radius 2 is 1.88 bits per heavy atom. The molecule has 7 heteroatoms. The number of thiazole rings is 1. The van der Waals surface area contributed by atoms with Gasteiger partial charge in [0.15, 0.2) is 0 Å². The fraction of sp³-hybridized carbons (Fsp3) is 0.263. The molecule has 0 fully saturated rings. The molecule has 0 aliphatic rings. The highest BCUT2D eigenvalue weighted by Crippen LogP contribution is 2.21. The highest BCUT2D eigenvalue weighted by molar-refractivity contribution is 7.16. The number of nitrogens with zero attached hydrogens (tertiary/aromatic N) is 1. The molecule has 0 bridgehead atoms. The molecule has 0 atom stereocenters. The molecule has 3 rings (SSSR count). The summed E-state index contributed by atoms with van der Waals surface area (Å²) in [6.07, 6.45) is 0.970. The summed E-state index contributed by atoms with van der Waals surface area (Å²) in [5.74, 6) is 1.44. The lowest BCUT2D eigenvalue weighted by atomic mass is 10.2. The third-order valence-corrected chi connectivity index (χ3v) is 4.95. The van der Waals surface area contributed by atoms with Gasteiger partial charge in [-0.05, 0) is 48.9 Å². The van der Waals surface area contributed by atoms with Crippen LogP contribution in [-0.4, -0.2) is 24.2 Å². The number of carbonyl (C=O) groups excluding carboxylic acids is 1. The van der Waals surface area contributed by atoms with Crippen LogP contribution < -0.4 is 19.7 Å². The normalized spacial score (nSPS) is 10.7. The molecule has 136 valence electrons. The second-order valence-electron chi connectivity index (χ2n) is 5.79. The third kappa shape index (κ3) is 4.23. The van der Waals surface area contributed by atoms with Crippen molar-refractivity contribution >= 4 is 33.1 Å². The molecule has 1 N–H and O–H groups in total. The molecule has 26 heavy (non-hydrogen) atoms. The van der Waals surface area contributed by atoms with Crippen LogP contribution in [0.4, 0.5) is 5.69 Å². The third-order valence-electron chi connectivity index (χ3n) is 3.95. The second kappa shape index (κ2) is 8.05. The number of ether oxygens (including phenoxy) is 2. The van der Waals surface area contributed by atoms with E-state index in [0.717, 1.165) is 21.7 Å². The predicted molar refractivity (Wildman–Crippen MR) is 103 cm³/mol. The lowest BCUT2D eigenvalue weighted by Crippen LogP contribution is -2.12. The van der Waals surface area contributed by atoms with Crippen molar-refractivity contribution in [3.63, 3.8) is 0 Å². The zero-order valence-electron chi connectivity index (χ0n) is 14.7. The van der Waals surface area contributed by atoms with E-state index in [9.17, 15) is 9.59 Å². The molecule has 6 nitrogen and oxygen atoms in total. The van der Waals surface area contributed by atoms with Crippen LogP contribution in [0.25, 0.3) is 10.2 Å². The summed E-state index contributed by atoms with van der Waals surface area (Å²) in [7, 11) is 3.35. The van der Waals surface area contributed by atoms with Crippen LogP contribution in [0.3, 0.4) is 0 Å². The van der Waals surface area contributed by atoms with E-state index in [1.165, 1.54) is 11.3 Å². The lowest BCUT2D eigenvalue weighted by Gasteiger charge is -2.08. The van der Waals surface area contributed by atoms with Gasteiger partial charge in [0, 0.05) is 19.2 Å². The van der Waals surface area contributed by atoms with Gasteiger partial charge in [-0.2, -0.15) is 0 Å². The summed E-state index contributed by atoms with van der Waals surface area (Å²) in [4.78, 5) is 23.7. The molecule has 0 saturated carbocycles. The second-order valence-corrected chi connectivity index (χ2v) is 6.78. The summed E-state index contributed by atoms with van der Waals surface area (Å²) in [6.45, 7) is 0.457. The highest BCUT2D eigenvalue weighted by atomic mass is 32.1. The molecule has 2 aromatic carbocycles. The number of methoxy groups -OCH3 is 1. The first-order chi connectivity index (χ1) is 12.6. The fourth-order valence-corrected chi connectivity index (χ4v) is 3.45. The number of amides is 1. The number of hydrogen-bond donors (Lipinski definition) is 1. The number of aromatic nitrogens is 1. The predicted octanol–water partition coefficient (Wildman–Crippen LogP) is 3.41. The molecule has 0 unspecified atom stereocenters. The molecule has 0 spiro atoms. The van der Waals surface area contributed by atoms with E-state index in [-0.39, 0.29) is 10.8 Å². The number of hydrogen-bond acceptors (Lipinski definition) is 5. The van der Waals surface area contributed by atoms with E-state index in [0.29, 0.717) is 25.1 Å². The van der Waals surface area contributed by atoms with Crippen molar-refractivity contribution in [3.8, 4) is 11.5 Å². The largest absolute Gasteiger partial charge is 0.497 e. The van der Waals surface area contributed by atoms with Crippen LogP contribution in [0.15, 0.2) is 47.3 Å². The molecule has 0 saturated heterocycles. The van der Waals surface area contributed by atoms with Crippen LogP contribution in [0, 0.1) is 0 Å². The number of anilines is 1. The maximum Gasteiger partial charge on any atom is 0.307 e. The quantitative estimate of drug-likeness (QED) is 0.645. The number of rotatable bonds is 7. The summed E-state index contributed by atoms with van der Waals surface area (Å²) in [6, 6.07) is 12.8. The van der Waals surface area contributed by atoms with Crippen LogP contribution in [-0.2, 0) is 11.8 Å². The Balaban J connectivity index is 1.47. The van der Waals surface area contributed by atoms with E-state index >= 15 is 0 Å². The van der Waals surface area contributed by atoms with E-state index in [1.54, 1.807) is 24.8 Å². The first-order valence-electron chi connectivity index (χ1n) is 8.23. The number of aryl methyl sites for hydroxylation is 1. The highest BCUT2D eigenvalue weighted by Gasteiger charge is 2.07. The molecule has 0 aliphatic heterocycles. The smallest absolute Gasteiger partial charge is 0.307 e. The Kier molecular flexibility index (Phi) is 5.58. The Morgan fingerprint density at radius 3 is 2.62 bits per heavy atom. The van der Waals surface area contributed by atoms with Gasteiger partial charge in [0.05, 0.1) is 23.9 Å². The van der Waals surface area contributed by atoms with Crippen molar-refractivity contribution < 1.29 is 14.3 Å². The molecule has 1 amide bonds. The van der Waals surface area contributed by atoms with Gasteiger partial charge in [-0.1, -0.05) is 11.3 Å².